The molecule has 3 aromatic rings. The lowest BCUT2D eigenvalue weighted by Gasteiger charge is -2.28. The van der Waals surface area contributed by atoms with Crippen LogP contribution in [0.3, 0.4) is 0 Å². The molecule has 0 saturated carbocycles. The van der Waals surface area contributed by atoms with E-state index in [1.54, 1.807) is 30.5 Å². The number of amides is 1. The second kappa shape index (κ2) is 10.7. The van der Waals surface area contributed by atoms with Crippen LogP contribution in [0, 0.1) is 5.82 Å². The highest BCUT2D eigenvalue weighted by molar-refractivity contribution is 5.91. The van der Waals surface area contributed by atoms with Crippen LogP contribution in [0.4, 0.5) is 4.39 Å². The number of pyridine rings is 1. The van der Waals surface area contributed by atoms with Crippen LogP contribution in [0.2, 0.25) is 0 Å². The number of fused-ring (bicyclic) bond motifs is 1. The van der Waals surface area contributed by atoms with E-state index in [1.807, 2.05) is 0 Å². The first-order valence-electron chi connectivity index (χ1n) is 10.8. The van der Waals surface area contributed by atoms with Crippen LogP contribution in [-0.2, 0) is 17.8 Å². The van der Waals surface area contributed by atoms with Crippen molar-refractivity contribution in [2.45, 2.75) is 19.4 Å². The Balaban J connectivity index is 1.20. The van der Waals surface area contributed by atoms with Crippen LogP contribution in [0.5, 0.6) is 11.5 Å². The molecule has 4 rings (SSSR count). The summed E-state index contributed by atoms with van der Waals surface area (Å²) < 4.78 is 19.8. The van der Waals surface area contributed by atoms with E-state index < -0.39 is 5.82 Å². The first-order chi connectivity index (χ1) is 15.7. The van der Waals surface area contributed by atoms with Gasteiger partial charge in [0.15, 0.2) is 11.6 Å². The van der Waals surface area contributed by atoms with Gasteiger partial charge in [-0.2, -0.15) is 0 Å². The highest BCUT2D eigenvalue weighted by Gasteiger charge is 2.14. The molecule has 32 heavy (non-hydrogen) atoms. The Morgan fingerprint density at radius 2 is 2.03 bits per heavy atom. The minimum absolute atomic E-state index is 0.111. The van der Waals surface area contributed by atoms with Gasteiger partial charge in [-0.15, -0.1) is 0 Å². The van der Waals surface area contributed by atoms with Crippen molar-refractivity contribution in [1.82, 2.24) is 15.2 Å². The average molecular weight is 432 g/mol. The highest BCUT2D eigenvalue weighted by atomic mass is 19.1. The normalized spacial score (nSPS) is 13.7. The van der Waals surface area contributed by atoms with Gasteiger partial charge in [-0.1, -0.05) is 30.3 Å². The zero-order valence-electron chi connectivity index (χ0n) is 17.8. The Morgan fingerprint density at radius 3 is 2.84 bits per heavy atom. The molecule has 0 unspecified atom stereocenters. The van der Waals surface area contributed by atoms with Crippen LogP contribution < -0.4 is 10.1 Å². The summed E-state index contributed by atoms with van der Waals surface area (Å²) in [7, 11) is 0. The standard InChI is InChI=1S/C26H26FN3O2/c27-24-17-20(8-10-25(24)32-23-7-3-13-28-18-23)9-11-26(31)29-14-4-15-30-16-12-21-5-1-2-6-22(21)19-30/h1-3,5-11,13,17-18H,4,12,14-16,19H2,(H,29,31)/b11-9+. The number of carbonyl (C=O) groups is 1. The molecule has 0 atom stereocenters. The second-order valence-corrected chi connectivity index (χ2v) is 7.75. The van der Waals surface area contributed by atoms with E-state index in [-0.39, 0.29) is 11.7 Å². The summed E-state index contributed by atoms with van der Waals surface area (Å²) in [5.41, 5.74) is 3.42. The summed E-state index contributed by atoms with van der Waals surface area (Å²) in [4.78, 5) is 18.4. The van der Waals surface area contributed by atoms with Crippen molar-refractivity contribution in [1.29, 1.82) is 0 Å². The van der Waals surface area contributed by atoms with Crippen LogP contribution in [0.1, 0.15) is 23.1 Å². The van der Waals surface area contributed by atoms with E-state index in [0.717, 1.165) is 32.5 Å². The first-order valence-corrected chi connectivity index (χ1v) is 10.8. The van der Waals surface area contributed by atoms with Crippen molar-refractivity contribution >= 4 is 12.0 Å². The third-order valence-electron chi connectivity index (χ3n) is 5.41. The van der Waals surface area contributed by atoms with Gasteiger partial charge in [0.2, 0.25) is 5.91 Å². The Bertz CT molecular complexity index is 1090. The predicted octanol–water partition coefficient (Wildman–Crippen LogP) is 4.59. The molecular weight excluding hydrogens is 405 g/mol. The van der Waals surface area contributed by atoms with Gasteiger partial charge in [0.25, 0.3) is 0 Å². The Labute approximate surface area is 187 Å². The molecule has 1 aliphatic heterocycles. The lowest BCUT2D eigenvalue weighted by Crippen LogP contribution is -2.33. The molecule has 1 amide bonds. The largest absolute Gasteiger partial charge is 0.453 e. The number of benzene rings is 2. The number of halogens is 1. The molecule has 2 heterocycles. The van der Waals surface area contributed by atoms with Gasteiger partial charge < -0.3 is 10.1 Å². The van der Waals surface area contributed by atoms with Crippen LogP contribution >= 0.6 is 0 Å². The van der Waals surface area contributed by atoms with Gasteiger partial charge in [0.05, 0.1) is 6.20 Å². The van der Waals surface area contributed by atoms with Gasteiger partial charge in [0.1, 0.15) is 5.75 Å². The van der Waals surface area contributed by atoms with E-state index in [1.165, 1.54) is 35.5 Å². The average Bonchev–Trinajstić information content (AvgIpc) is 2.82. The maximum absolute atomic E-state index is 14.3. The van der Waals surface area contributed by atoms with Crippen LogP contribution in [0.25, 0.3) is 6.08 Å². The van der Waals surface area contributed by atoms with Crippen molar-refractivity contribution in [3.05, 3.63) is 95.6 Å². The maximum atomic E-state index is 14.3. The fraction of sp³-hybridized carbons (Fsp3) is 0.231. The summed E-state index contributed by atoms with van der Waals surface area (Å²) in [5.74, 6) is -0.118. The molecule has 1 aliphatic rings. The summed E-state index contributed by atoms with van der Waals surface area (Å²) in [5, 5.41) is 2.89. The summed E-state index contributed by atoms with van der Waals surface area (Å²) in [6.45, 7) is 3.57. The third kappa shape index (κ3) is 6.02. The topological polar surface area (TPSA) is 54.5 Å². The number of aromatic nitrogens is 1. The SMILES string of the molecule is O=C(/C=C/c1ccc(Oc2cccnc2)c(F)c1)NCCCN1CCc2ccccc2C1. The number of rotatable bonds is 8. The molecule has 1 N–H and O–H groups in total. The number of hydrogen-bond acceptors (Lipinski definition) is 4. The molecular formula is C26H26FN3O2. The van der Waals surface area contributed by atoms with Crippen molar-refractivity contribution < 1.29 is 13.9 Å². The predicted molar refractivity (Wildman–Crippen MR) is 123 cm³/mol. The first kappa shape index (κ1) is 21.7. The van der Waals surface area contributed by atoms with Crippen LogP contribution in [0.15, 0.2) is 73.1 Å². The number of nitrogens with zero attached hydrogens (tertiary/aromatic N) is 2. The summed E-state index contributed by atoms with van der Waals surface area (Å²) in [6, 6.07) is 16.6. The van der Waals surface area contributed by atoms with Gasteiger partial charge >= 0.3 is 0 Å². The minimum atomic E-state index is -0.500. The van der Waals surface area contributed by atoms with Gasteiger partial charge in [-0.05, 0) is 59.9 Å². The molecule has 164 valence electrons. The highest BCUT2D eigenvalue weighted by Crippen LogP contribution is 2.25. The third-order valence-corrected chi connectivity index (χ3v) is 5.41. The Hall–Kier alpha value is -3.51. The van der Waals surface area contributed by atoms with Crippen molar-refractivity contribution in [3.63, 3.8) is 0 Å². The number of ether oxygens (including phenoxy) is 1. The van der Waals surface area contributed by atoms with Gasteiger partial charge in [-0.3, -0.25) is 14.7 Å². The second-order valence-electron chi connectivity index (χ2n) is 7.75. The molecule has 0 bridgehead atoms. The smallest absolute Gasteiger partial charge is 0.243 e. The quantitative estimate of drug-likeness (QED) is 0.419. The van der Waals surface area contributed by atoms with E-state index in [2.05, 4.69) is 39.5 Å². The molecule has 1 aromatic heterocycles. The summed E-state index contributed by atoms with van der Waals surface area (Å²) in [6.07, 6.45) is 8.11. The number of hydrogen-bond donors (Lipinski definition) is 1. The van der Waals surface area contributed by atoms with E-state index in [0.29, 0.717) is 17.9 Å². The van der Waals surface area contributed by atoms with Gasteiger partial charge in [0, 0.05) is 38.5 Å². The zero-order chi connectivity index (χ0) is 22.2. The molecule has 6 heteroatoms. The van der Waals surface area contributed by atoms with Crippen molar-refractivity contribution in [2.75, 3.05) is 19.6 Å². The molecule has 0 radical (unpaired) electrons. The lowest BCUT2D eigenvalue weighted by molar-refractivity contribution is -0.116. The molecule has 0 saturated heterocycles. The Kier molecular flexibility index (Phi) is 7.25. The maximum Gasteiger partial charge on any atom is 0.243 e. The van der Waals surface area contributed by atoms with Gasteiger partial charge in [-0.25, -0.2) is 4.39 Å². The van der Waals surface area contributed by atoms with E-state index in [4.69, 9.17) is 4.74 Å². The molecule has 0 fully saturated rings. The molecule has 2 aromatic carbocycles. The van der Waals surface area contributed by atoms with Crippen molar-refractivity contribution in [3.8, 4) is 11.5 Å². The van der Waals surface area contributed by atoms with Crippen molar-refractivity contribution in [2.24, 2.45) is 0 Å². The molecule has 0 aliphatic carbocycles. The summed E-state index contributed by atoms with van der Waals surface area (Å²) >= 11 is 0. The molecule has 0 spiro atoms. The monoisotopic (exact) mass is 431 g/mol. The van der Waals surface area contributed by atoms with Crippen LogP contribution in [-0.4, -0.2) is 35.4 Å². The zero-order valence-corrected chi connectivity index (χ0v) is 17.8. The lowest BCUT2D eigenvalue weighted by atomic mass is 10.00. The Morgan fingerprint density at radius 1 is 1.16 bits per heavy atom. The molecule has 5 nitrogen and oxygen atoms in total. The number of nitrogens with one attached hydrogen (secondary N) is 1. The van der Waals surface area contributed by atoms with E-state index in [9.17, 15) is 9.18 Å². The van der Waals surface area contributed by atoms with E-state index >= 15 is 0 Å². The number of carbonyl (C=O) groups excluding carboxylic acids is 1. The minimum Gasteiger partial charge on any atom is -0.453 e. The fourth-order valence-corrected chi connectivity index (χ4v) is 3.73. The fourth-order valence-electron chi connectivity index (χ4n) is 3.73.